The molecule has 0 amide bonds. The minimum Gasteiger partial charge on any atom is -0.481 e. The molecule has 4 heteroatoms. The Kier molecular flexibility index (Phi) is 19.9. The van der Waals surface area contributed by atoms with E-state index in [1.807, 2.05) is 0 Å². The van der Waals surface area contributed by atoms with Gasteiger partial charge in [-0.2, -0.15) is 0 Å². The molecule has 0 fully saturated rings. The lowest BCUT2D eigenvalue weighted by molar-refractivity contribution is -0.150. The Balaban J connectivity index is 4.02. The molecule has 0 bridgehead atoms. The summed E-state index contributed by atoms with van der Waals surface area (Å²) in [4.78, 5) is 22.8. The number of aliphatic carboxylic acids is 1. The highest BCUT2D eigenvalue weighted by molar-refractivity contribution is 5.69. The van der Waals surface area contributed by atoms with E-state index in [9.17, 15) is 9.59 Å². The predicted octanol–water partition coefficient (Wildman–Crippen LogP) is 7.43. The molecule has 0 aromatic carbocycles. The van der Waals surface area contributed by atoms with Crippen molar-refractivity contribution < 1.29 is 19.4 Å². The van der Waals surface area contributed by atoms with Gasteiger partial charge in [0.2, 0.25) is 0 Å². The number of unbranched alkanes of at least 4 members (excludes halogenated alkanes) is 12. The Morgan fingerprint density at radius 1 is 0.643 bits per heavy atom. The summed E-state index contributed by atoms with van der Waals surface area (Å²) in [7, 11) is 0. The maximum Gasteiger partial charge on any atom is 0.306 e. The number of carbonyl (C=O) groups is 2. The minimum absolute atomic E-state index is 0.0278. The van der Waals surface area contributed by atoms with Crippen LogP contribution >= 0.6 is 0 Å². The van der Waals surface area contributed by atoms with Crippen LogP contribution in [0.4, 0.5) is 0 Å². The van der Waals surface area contributed by atoms with Gasteiger partial charge in [0.25, 0.3) is 0 Å². The Morgan fingerprint density at radius 2 is 1.07 bits per heavy atom. The molecule has 1 unspecified atom stereocenters. The molecule has 28 heavy (non-hydrogen) atoms. The second kappa shape index (κ2) is 20.7. The van der Waals surface area contributed by atoms with Gasteiger partial charge in [-0.25, -0.2) is 0 Å². The van der Waals surface area contributed by atoms with Gasteiger partial charge in [0.15, 0.2) is 0 Å². The van der Waals surface area contributed by atoms with Crippen LogP contribution in [0.25, 0.3) is 0 Å². The molecule has 0 saturated carbocycles. The lowest BCUT2D eigenvalue weighted by Gasteiger charge is -2.18. The molecule has 1 N–H and O–H groups in total. The average Bonchev–Trinajstić information content (AvgIpc) is 2.66. The Labute approximate surface area is 173 Å². The zero-order valence-corrected chi connectivity index (χ0v) is 18.7. The standard InChI is InChI=1S/C24H46O4/c1-3-5-7-9-11-17-21-24(27)28-22(18-14-10-8-6-4-2)19-15-12-13-16-20-23(25)26/h22H,3-21H2,1-2H3,(H,25,26). The number of carboxylic acid groups (broad SMARTS) is 1. The van der Waals surface area contributed by atoms with Crippen molar-refractivity contribution in [3.8, 4) is 0 Å². The van der Waals surface area contributed by atoms with Gasteiger partial charge in [-0.15, -0.1) is 0 Å². The summed E-state index contributed by atoms with van der Waals surface area (Å²) in [5, 5.41) is 8.69. The van der Waals surface area contributed by atoms with E-state index in [1.165, 1.54) is 51.4 Å². The Morgan fingerprint density at radius 3 is 1.57 bits per heavy atom. The summed E-state index contributed by atoms with van der Waals surface area (Å²) in [6.45, 7) is 4.43. The summed E-state index contributed by atoms with van der Waals surface area (Å²) >= 11 is 0. The fraction of sp³-hybridized carbons (Fsp3) is 0.917. The molecule has 4 nitrogen and oxygen atoms in total. The van der Waals surface area contributed by atoms with Crippen molar-refractivity contribution in [2.45, 2.75) is 142 Å². The van der Waals surface area contributed by atoms with Crippen molar-refractivity contribution >= 4 is 11.9 Å². The number of ether oxygens (including phenoxy) is 1. The van der Waals surface area contributed by atoms with Crippen LogP contribution in [0.2, 0.25) is 0 Å². The first-order valence-electron chi connectivity index (χ1n) is 12.0. The third kappa shape index (κ3) is 19.7. The van der Waals surface area contributed by atoms with E-state index in [-0.39, 0.29) is 18.5 Å². The molecule has 0 aromatic rings. The lowest BCUT2D eigenvalue weighted by Crippen LogP contribution is -2.18. The minimum atomic E-state index is -0.714. The van der Waals surface area contributed by atoms with E-state index in [2.05, 4.69) is 13.8 Å². The quantitative estimate of drug-likeness (QED) is 0.161. The van der Waals surface area contributed by atoms with Gasteiger partial charge in [0, 0.05) is 12.8 Å². The highest BCUT2D eigenvalue weighted by Gasteiger charge is 2.14. The van der Waals surface area contributed by atoms with Gasteiger partial charge in [-0.1, -0.05) is 84.5 Å². The molecule has 0 spiro atoms. The average molecular weight is 399 g/mol. The fourth-order valence-corrected chi connectivity index (χ4v) is 3.53. The molecule has 1 atom stereocenters. The zero-order chi connectivity index (χ0) is 20.9. The molecule has 0 radical (unpaired) electrons. The largest absolute Gasteiger partial charge is 0.481 e. The van der Waals surface area contributed by atoms with Gasteiger partial charge in [-0.05, 0) is 38.5 Å². The number of hydrogen-bond acceptors (Lipinski definition) is 3. The maximum absolute atomic E-state index is 12.2. The summed E-state index contributed by atoms with van der Waals surface area (Å²) in [6, 6.07) is 0. The second-order valence-electron chi connectivity index (χ2n) is 8.18. The van der Waals surface area contributed by atoms with Crippen molar-refractivity contribution in [2.24, 2.45) is 0 Å². The van der Waals surface area contributed by atoms with E-state index >= 15 is 0 Å². The number of rotatable bonds is 21. The monoisotopic (exact) mass is 398 g/mol. The van der Waals surface area contributed by atoms with Crippen LogP contribution in [0, 0.1) is 0 Å². The van der Waals surface area contributed by atoms with Crippen molar-refractivity contribution in [1.82, 2.24) is 0 Å². The second-order valence-corrected chi connectivity index (χ2v) is 8.18. The number of carbonyl (C=O) groups excluding carboxylic acids is 1. The van der Waals surface area contributed by atoms with E-state index < -0.39 is 5.97 Å². The Bertz CT molecular complexity index is 368. The first-order valence-corrected chi connectivity index (χ1v) is 12.0. The third-order valence-corrected chi connectivity index (χ3v) is 5.33. The molecule has 0 aromatic heterocycles. The van der Waals surface area contributed by atoms with Crippen molar-refractivity contribution in [2.75, 3.05) is 0 Å². The molecule has 0 heterocycles. The van der Waals surface area contributed by atoms with E-state index in [1.54, 1.807) is 0 Å². The van der Waals surface area contributed by atoms with Crippen LogP contribution in [-0.2, 0) is 14.3 Å². The van der Waals surface area contributed by atoms with Gasteiger partial charge in [0.05, 0.1) is 0 Å². The topological polar surface area (TPSA) is 63.6 Å². The Hall–Kier alpha value is -1.06. The van der Waals surface area contributed by atoms with Crippen molar-refractivity contribution in [3.63, 3.8) is 0 Å². The van der Waals surface area contributed by atoms with Crippen molar-refractivity contribution in [1.29, 1.82) is 0 Å². The third-order valence-electron chi connectivity index (χ3n) is 5.33. The number of hydrogen-bond donors (Lipinski definition) is 1. The van der Waals surface area contributed by atoms with Crippen LogP contribution < -0.4 is 0 Å². The van der Waals surface area contributed by atoms with Crippen LogP contribution in [-0.4, -0.2) is 23.1 Å². The van der Waals surface area contributed by atoms with Gasteiger partial charge >= 0.3 is 11.9 Å². The zero-order valence-electron chi connectivity index (χ0n) is 18.7. The first-order chi connectivity index (χ1) is 13.6. The maximum atomic E-state index is 12.2. The van der Waals surface area contributed by atoms with Gasteiger partial charge in [-0.3, -0.25) is 9.59 Å². The van der Waals surface area contributed by atoms with Crippen LogP contribution in [0.3, 0.4) is 0 Å². The van der Waals surface area contributed by atoms with Gasteiger partial charge < -0.3 is 9.84 Å². The normalized spacial score (nSPS) is 12.1. The highest BCUT2D eigenvalue weighted by Crippen LogP contribution is 2.17. The van der Waals surface area contributed by atoms with Gasteiger partial charge in [0.1, 0.15) is 6.10 Å². The number of carboxylic acids is 1. The summed E-state index contributed by atoms with van der Waals surface area (Å²) in [5.41, 5.74) is 0. The first kappa shape index (κ1) is 26.9. The van der Waals surface area contributed by atoms with Crippen LogP contribution in [0.1, 0.15) is 136 Å². The summed E-state index contributed by atoms with van der Waals surface area (Å²) in [6.07, 6.45) is 19.7. The van der Waals surface area contributed by atoms with E-state index in [0.717, 1.165) is 57.8 Å². The summed E-state index contributed by atoms with van der Waals surface area (Å²) < 4.78 is 5.80. The molecule has 0 saturated heterocycles. The molecule has 166 valence electrons. The fourth-order valence-electron chi connectivity index (χ4n) is 3.53. The number of esters is 1. The molecule has 0 aliphatic rings. The van der Waals surface area contributed by atoms with Crippen LogP contribution in [0.5, 0.6) is 0 Å². The molecular formula is C24H46O4. The van der Waals surface area contributed by atoms with E-state index in [0.29, 0.717) is 6.42 Å². The highest BCUT2D eigenvalue weighted by atomic mass is 16.5. The smallest absolute Gasteiger partial charge is 0.306 e. The predicted molar refractivity (Wildman–Crippen MR) is 117 cm³/mol. The van der Waals surface area contributed by atoms with Crippen molar-refractivity contribution in [3.05, 3.63) is 0 Å². The lowest BCUT2D eigenvalue weighted by atomic mass is 10.0. The summed E-state index contributed by atoms with van der Waals surface area (Å²) in [5.74, 6) is -0.742. The SMILES string of the molecule is CCCCCCCCC(=O)OC(CCCCCCC)CCCCCCC(=O)O. The molecule has 0 rings (SSSR count). The molecule has 0 aliphatic carbocycles. The molecule has 0 aliphatic heterocycles. The molecular weight excluding hydrogens is 352 g/mol. The van der Waals surface area contributed by atoms with E-state index in [4.69, 9.17) is 9.84 Å². The van der Waals surface area contributed by atoms with Crippen LogP contribution in [0.15, 0.2) is 0 Å².